The number of alkyl halides is 3. The quantitative estimate of drug-likeness (QED) is 0.815. The van der Waals surface area contributed by atoms with Gasteiger partial charge in [0.15, 0.2) is 0 Å². The zero-order valence-electron chi connectivity index (χ0n) is 11.0. The molecular formula is C11H21F3N2O2S. The summed E-state index contributed by atoms with van der Waals surface area (Å²) in [5.74, 6) is 0.483. The van der Waals surface area contributed by atoms with Gasteiger partial charge in [0.1, 0.15) is 0 Å². The van der Waals surface area contributed by atoms with Crippen molar-refractivity contribution >= 4 is 10.0 Å². The summed E-state index contributed by atoms with van der Waals surface area (Å²) < 4.78 is 59.9. The summed E-state index contributed by atoms with van der Waals surface area (Å²) in [5, 5.41) is 0. The number of rotatable bonds is 5. The number of nitrogens with two attached hydrogens (primary N) is 1. The summed E-state index contributed by atoms with van der Waals surface area (Å²) in [6.07, 6.45) is 4.13. The Morgan fingerprint density at radius 1 is 1.42 bits per heavy atom. The summed E-state index contributed by atoms with van der Waals surface area (Å²) in [5.41, 5.74) is 0.259. The van der Waals surface area contributed by atoms with E-state index in [1.807, 2.05) is 0 Å². The lowest BCUT2D eigenvalue weighted by atomic mass is 9.68. The molecule has 0 aromatic heterocycles. The monoisotopic (exact) mass is 302 g/mol. The summed E-state index contributed by atoms with van der Waals surface area (Å²) in [6.45, 7) is 2.25. The molecule has 1 fully saturated rings. The zero-order chi connectivity index (χ0) is 14.7. The second-order valence-corrected chi connectivity index (χ2v) is 7.26. The van der Waals surface area contributed by atoms with Gasteiger partial charge in [-0.15, -0.1) is 0 Å². The summed E-state index contributed by atoms with van der Waals surface area (Å²) in [7, 11) is -5.24. The van der Waals surface area contributed by atoms with Crippen molar-refractivity contribution in [1.29, 1.82) is 0 Å². The van der Waals surface area contributed by atoms with Crippen molar-refractivity contribution < 1.29 is 21.6 Å². The second kappa shape index (κ2) is 5.97. The first kappa shape index (κ1) is 16.7. The van der Waals surface area contributed by atoms with Crippen LogP contribution in [-0.4, -0.2) is 27.0 Å². The second-order valence-electron chi connectivity index (χ2n) is 5.50. The van der Waals surface area contributed by atoms with Gasteiger partial charge in [-0.3, -0.25) is 0 Å². The molecule has 8 heteroatoms. The van der Waals surface area contributed by atoms with E-state index in [0.29, 0.717) is 18.9 Å². The fraction of sp³-hybridized carbons (Fsp3) is 1.00. The minimum Gasteiger partial charge on any atom is -0.330 e. The maximum atomic E-state index is 12.2. The molecule has 0 amide bonds. The number of sulfonamides is 1. The molecule has 0 aromatic carbocycles. The van der Waals surface area contributed by atoms with E-state index in [1.165, 1.54) is 0 Å². The number of hydrogen-bond acceptors (Lipinski definition) is 3. The zero-order valence-corrected chi connectivity index (χ0v) is 11.8. The van der Waals surface area contributed by atoms with Gasteiger partial charge in [-0.1, -0.05) is 19.8 Å². The first-order valence-electron chi connectivity index (χ1n) is 6.38. The van der Waals surface area contributed by atoms with E-state index >= 15 is 0 Å². The first-order chi connectivity index (χ1) is 8.62. The predicted octanol–water partition coefficient (Wildman–Crippen LogP) is 1.97. The van der Waals surface area contributed by atoms with Gasteiger partial charge in [-0.2, -0.15) is 13.2 Å². The minimum absolute atomic E-state index is 0.217. The van der Waals surface area contributed by atoms with Crippen LogP contribution in [0.25, 0.3) is 0 Å². The molecule has 3 N–H and O–H groups in total. The van der Waals surface area contributed by atoms with Crippen LogP contribution in [0.5, 0.6) is 0 Å². The lowest BCUT2D eigenvalue weighted by Gasteiger charge is -2.39. The van der Waals surface area contributed by atoms with Crippen LogP contribution < -0.4 is 10.5 Å². The van der Waals surface area contributed by atoms with Gasteiger partial charge in [0.2, 0.25) is 0 Å². The molecule has 114 valence electrons. The Hall–Kier alpha value is -0.340. The van der Waals surface area contributed by atoms with Crippen molar-refractivity contribution in [2.24, 2.45) is 17.1 Å². The molecule has 0 aliphatic heterocycles. The Morgan fingerprint density at radius 3 is 2.53 bits per heavy atom. The fourth-order valence-electron chi connectivity index (χ4n) is 2.82. The van der Waals surface area contributed by atoms with E-state index in [2.05, 4.69) is 6.92 Å². The molecule has 0 radical (unpaired) electrons. The minimum atomic E-state index is -5.25. The van der Waals surface area contributed by atoms with Gasteiger partial charge in [0.05, 0.1) is 0 Å². The van der Waals surface area contributed by atoms with Gasteiger partial charge in [0.25, 0.3) is 0 Å². The molecule has 1 saturated carbocycles. The SMILES string of the molecule is CC1CCCC(CN)(CCNS(=O)(=O)C(F)(F)F)C1. The third kappa shape index (κ3) is 4.32. The van der Waals surface area contributed by atoms with Crippen LogP contribution in [0.1, 0.15) is 39.0 Å². The maximum Gasteiger partial charge on any atom is 0.511 e. The van der Waals surface area contributed by atoms with Gasteiger partial charge in [0, 0.05) is 6.54 Å². The molecule has 2 atom stereocenters. The van der Waals surface area contributed by atoms with Crippen LogP contribution >= 0.6 is 0 Å². The van der Waals surface area contributed by atoms with Crippen molar-refractivity contribution in [2.45, 2.75) is 44.5 Å². The molecule has 0 heterocycles. The number of nitrogens with one attached hydrogen (secondary N) is 1. The molecule has 0 bridgehead atoms. The van der Waals surface area contributed by atoms with Crippen molar-refractivity contribution in [3.63, 3.8) is 0 Å². The lowest BCUT2D eigenvalue weighted by molar-refractivity contribution is -0.0448. The topological polar surface area (TPSA) is 72.2 Å². The van der Waals surface area contributed by atoms with E-state index < -0.39 is 15.5 Å². The Kier molecular flexibility index (Phi) is 5.25. The number of halogens is 3. The lowest BCUT2D eigenvalue weighted by Crippen LogP contribution is -2.41. The van der Waals surface area contributed by atoms with E-state index in [0.717, 1.165) is 25.7 Å². The summed E-state index contributed by atoms with van der Waals surface area (Å²) >= 11 is 0. The normalized spacial score (nSPS) is 29.4. The van der Waals surface area contributed by atoms with Crippen molar-refractivity contribution in [2.75, 3.05) is 13.1 Å². The predicted molar refractivity (Wildman–Crippen MR) is 66.7 cm³/mol. The molecule has 2 unspecified atom stereocenters. The Morgan fingerprint density at radius 2 is 2.05 bits per heavy atom. The Labute approximate surface area is 112 Å². The van der Waals surface area contributed by atoms with Gasteiger partial charge in [-0.25, -0.2) is 13.1 Å². The molecule has 19 heavy (non-hydrogen) atoms. The van der Waals surface area contributed by atoms with Crippen molar-refractivity contribution in [1.82, 2.24) is 4.72 Å². The van der Waals surface area contributed by atoms with Gasteiger partial charge in [-0.05, 0) is 37.1 Å². The molecule has 4 nitrogen and oxygen atoms in total. The van der Waals surface area contributed by atoms with Crippen LogP contribution in [0.3, 0.4) is 0 Å². The fourth-order valence-corrected chi connectivity index (χ4v) is 3.35. The Bertz CT molecular complexity index is 397. The number of hydrogen-bond donors (Lipinski definition) is 2. The molecule has 0 saturated heterocycles. The van der Waals surface area contributed by atoms with E-state index in [4.69, 9.17) is 5.73 Å². The van der Waals surface area contributed by atoms with E-state index in [-0.39, 0.29) is 12.0 Å². The maximum absolute atomic E-state index is 12.2. The van der Waals surface area contributed by atoms with E-state index in [9.17, 15) is 21.6 Å². The smallest absolute Gasteiger partial charge is 0.330 e. The van der Waals surface area contributed by atoms with Crippen molar-refractivity contribution in [3.8, 4) is 0 Å². The van der Waals surface area contributed by atoms with E-state index in [1.54, 1.807) is 4.72 Å². The molecule has 1 aliphatic rings. The molecule has 0 aromatic rings. The van der Waals surface area contributed by atoms with Gasteiger partial charge >= 0.3 is 15.5 Å². The highest BCUT2D eigenvalue weighted by molar-refractivity contribution is 7.90. The molecule has 0 spiro atoms. The molecule has 1 aliphatic carbocycles. The van der Waals surface area contributed by atoms with Crippen LogP contribution in [0, 0.1) is 11.3 Å². The highest BCUT2D eigenvalue weighted by Gasteiger charge is 2.45. The highest BCUT2D eigenvalue weighted by atomic mass is 32.2. The molecule has 1 rings (SSSR count). The highest BCUT2D eigenvalue weighted by Crippen LogP contribution is 2.41. The summed E-state index contributed by atoms with van der Waals surface area (Å²) in [4.78, 5) is 0. The van der Waals surface area contributed by atoms with Crippen LogP contribution in [0.2, 0.25) is 0 Å². The average Bonchev–Trinajstić information content (AvgIpc) is 2.27. The Balaban J connectivity index is 2.56. The third-order valence-electron chi connectivity index (χ3n) is 3.87. The largest absolute Gasteiger partial charge is 0.511 e. The van der Waals surface area contributed by atoms with Crippen LogP contribution in [0.4, 0.5) is 13.2 Å². The standard InChI is InChI=1S/C11H21F3N2O2S/c1-9-3-2-4-10(7-9,8-15)5-6-16-19(17,18)11(12,13)14/h9,16H,2-8,15H2,1H3. The molecular weight excluding hydrogens is 281 g/mol. The van der Waals surface area contributed by atoms with Crippen LogP contribution in [0.15, 0.2) is 0 Å². The first-order valence-corrected chi connectivity index (χ1v) is 7.86. The average molecular weight is 302 g/mol. The van der Waals surface area contributed by atoms with Crippen molar-refractivity contribution in [3.05, 3.63) is 0 Å². The third-order valence-corrected chi connectivity index (χ3v) is 5.06. The van der Waals surface area contributed by atoms with Gasteiger partial charge < -0.3 is 5.73 Å². The summed E-state index contributed by atoms with van der Waals surface area (Å²) in [6, 6.07) is 0. The van der Waals surface area contributed by atoms with Crippen LogP contribution in [-0.2, 0) is 10.0 Å².